The average Bonchev–Trinajstić information content (AvgIpc) is 2.73. The number of nitrogens with one attached hydrogen (secondary N) is 1. The van der Waals surface area contributed by atoms with Crippen LogP contribution in [0.1, 0.15) is 20.3 Å². The lowest BCUT2D eigenvalue weighted by Gasteiger charge is -2.14. The molecule has 0 saturated carbocycles. The maximum Gasteiger partial charge on any atom is 0.262 e. The van der Waals surface area contributed by atoms with Crippen LogP contribution in [0.15, 0.2) is 52.4 Å². The molecule has 0 aliphatic heterocycles. The molecule has 1 heterocycles. The Kier molecular flexibility index (Phi) is 8.37. The summed E-state index contributed by atoms with van der Waals surface area (Å²) in [5, 5.41) is 4.61. The Morgan fingerprint density at radius 1 is 1.19 bits per heavy atom. The van der Waals surface area contributed by atoms with Gasteiger partial charge in [-0.25, -0.2) is 4.98 Å². The molecule has 0 unspecified atom stereocenters. The van der Waals surface area contributed by atoms with E-state index in [9.17, 15) is 9.59 Å². The van der Waals surface area contributed by atoms with E-state index in [0.717, 1.165) is 0 Å². The van der Waals surface area contributed by atoms with Gasteiger partial charge in [0.1, 0.15) is 0 Å². The van der Waals surface area contributed by atoms with E-state index in [4.69, 9.17) is 27.9 Å². The molecule has 1 N–H and O–H groups in total. The van der Waals surface area contributed by atoms with Gasteiger partial charge in [0.2, 0.25) is 5.91 Å². The van der Waals surface area contributed by atoms with Crippen LogP contribution in [-0.2, 0) is 16.1 Å². The van der Waals surface area contributed by atoms with E-state index in [-0.39, 0.29) is 23.3 Å². The summed E-state index contributed by atoms with van der Waals surface area (Å²) in [4.78, 5) is 30.1. The Balaban J connectivity index is 1.75. The third-order valence-corrected chi connectivity index (χ3v) is 6.06. The topological polar surface area (TPSA) is 73.2 Å². The Morgan fingerprint density at radius 3 is 2.71 bits per heavy atom. The molecule has 6 nitrogen and oxygen atoms in total. The molecule has 9 heteroatoms. The summed E-state index contributed by atoms with van der Waals surface area (Å²) in [7, 11) is 0. The van der Waals surface area contributed by atoms with E-state index < -0.39 is 0 Å². The predicted octanol–water partition coefficient (Wildman–Crippen LogP) is 5.25. The maximum absolute atomic E-state index is 13.0. The molecule has 0 radical (unpaired) electrons. The molecule has 0 fully saturated rings. The first-order valence-electron chi connectivity index (χ1n) is 9.84. The van der Waals surface area contributed by atoms with Crippen molar-refractivity contribution in [3.8, 4) is 0 Å². The number of amides is 1. The molecule has 0 aliphatic carbocycles. The van der Waals surface area contributed by atoms with Gasteiger partial charge < -0.3 is 10.1 Å². The second-order valence-corrected chi connectivity index (χ2v) is 8.86. The quantitative estimate of drug-likeness (QED) is 0.257. The third kappa shape index (κ3) is 6.46. The number of hydrogen-bond donors (Lipinski definition) is 1. The highest BCUT2D eigenvalue weighted by Gasteiger charge is 2.14. The minimum Gasteiger partial charge on any atom is -0.379 e. The van der Waals surface area contributed by atoms with Crippen molar-refractivity contribution in [2.75, 3.05) is 17.7 Å². The van der Waals surface area contributed by atoms with Gasteiger partial charge >= 0.3 is 0 Å². The Bertz CT molecular complexity index is 1130. The predicted molar refractivity (Wildman–Crippen MR) is 128 cm³/mol. The SMILES string of the molecule is CC(C)OCCCn1c(SCC(=O)Nc2ccc(Cl)c(Cl)c2)nc2ccccc2c1=O. The van der Waals surface area contributed by atoms with E-state index in [1.54, 1.807) is 34.9 Å². The number of carbonyl (C=O) groups excluding carboxylic acids is 1. The van der Waals surface area contributed by atoms with Crippen LogP contribution in [0.25, 0.3) is 10.9 Å². The fraction of sp³-hybridized carbons (Fsp3) is 0.318. The van der Waals surface area contributed by atoms with Gasteiger partial charge in [0.15, 0.2) is 5.16 Å². The van der Waals surface area contributed by atoms with Crippen molar-refractivity contribution < 1.29 is 9.53 Å². The number of nitrogens with zero attached hydrogens (tertiary/aromatic N) is 2. The highest BCUT2D eigenvalue weighted by molar-refractivity contribution is 7.99. The zero-order chi connectivity index (χ0) is 22.4. The number of hydrogen-bond acceptors (Lipinski definition) is 5. The molecule has 0 bridgehead atoms. The Labute approximate surface area is 194 Å². The molecular weight excluding hydrogens is 457 g/mol. The largest absolute Gasteiger partial charge is 0.379 e. The molecule has 0 atom stereocenters. The van der Waals surface area contributed by atoms with Gasteiger partial charge in [0.05, 0.1) is 32.8 Å². The fourth-order valence-electron chi connectivity index (χ4n) is 2.90. The van der Waals surface area contributed by atoms with Crippen molar-refractivity contribution in [1.82, 2.24) is 9.55 Å². The highest BCUT2D eigenvalue weighted by atomic mass is 35.5. The highest BCUT2D eigenvalue weighted by Crippen LogP contribution is 2.25. The number of thioether (sulfide) groups is 1. The number of para-hydroxylation sites is 1. The van der Waals surface area contributed by atoms with Crippen molar-refractivity contribution >= 4 is 57.5 Å². The molecule has 3 aromatic rings. The normalized spacial score (nSPS) is 11.3. The summed E-state index contributed by atoms with van der Waals surface area (Å²) < 4.78 is 7.20. The average molecular weight is 480 g/mol. The minimum atomic E-state index is -0.236. The second-order valence-electron chi connectivity index (χ2n) is 7.11. The van der Waals surface area contributed by atoms with Crippen LogP contribution in [0.3, 0.4) is 0 Å². The van der Waals surface area contributed by atoms with Gasteiger partial charge in [0, 0.05) is 18.8 Å². The molecule has 0 spiro atoms. The first-order chi connectivity index (χ1) is 14.8. The van der Waals surface area contributed by atoms with Crippen molar-refractivity contribution in [1.29, 1.82) is 0 Å². The van der Waals surface area contributed by atoms with Crippen LogP contribution >= 0.6 is 35.0 Å². The summed E-state index contributed by atoms with van der Waals surface area (Å²) in [5.74, 6) is -0.145. The number of carbonyl (C=O) groups is 1. The number of benzene rings is 2. The summed E-state index contributed by atoms with van der Waals surface area (Å²) in [6, 6.07) is 12.1. The van der Waals surface area contributed by atoms with Crippen molar-refractivity contribution in [2.24, 2.45) is 0 Å². The maximum atomic E-state index is 13.0. The number of ether oxygens (including phenoxy) is 1. The summed E-state index contributed by atoms with van der Waals surface area (Å²) in [5.41, 5.74) is 1.03. The van der Waals surface area contributed by atoms with Crippen LogP contribution < -0.4 is 10.9 Å². The zero-order valence-electron chi connectivity index (χ0n) is 17.2. The van der Waals surface area contributed by atoms with Crippen LogP contribution in [0.5, 0.6) is 0 Å². The van der Waals surface area contributed by atoms with E-state index in [2.05, 4.69) is 10.3 Å². The van der Waals surface area contributed by atoms with Crippen molar-refractivity contribution in [3.05, 3.63) is 62.9 Å². The van der Waals surface area contributed by atoms with Gasteiger partial charge in [-0.1, -0.05) is 47.1 Å². The summed E-state index contributed by atoms with van der Waals surface area (Å²) in [6.07, 6.45) is 0.798. The number of rotatable bonds is 9. The molecule has 1 amide bonds. The van der Waals surface area contributed by atoms with E-state index in [1.807, 2.05) is 26.0 Å². The zero-order valence-corrected chi connectivity index (χ0v) is 19.6. The fourth-order valence-corrected chi connectivity index (χ4v) is 4.02. The van der Waals surface area contributed by atoms with E-state index in [1.165, 1.54) is 11.8 Å². The monoisotopic (exact) mass is 479 g/mol. The van der Waals surface area contributed by atoms with Gasteiger partial charge in [0.25, 0.3) is 5.56 Å². The standard InChI is InChI=1S/C22H23Cl2N3O3S/c1-14(2)30-11-5-10-27-21(29)16-6-3-4-7-19(16)26-22(27)31-13-20(28)25-15-8-9-17(23)18(24)12-15/h3-4,6-9,12,14H,5,10-11,13H2,1-2H3,(H,25,28). The van der Waals surface area contributed by atoms with Crippen LogP contribution in [0.4, 0.5) is 5.69 Å². The van der Waals surface area contributed by atoms with Gasteiger partial charge in [-0.15, -0.1) is 0 Å². The van der Waals surface area contributed by atoms with Crippen molar-refractivity contribution in [2.45, 2.75) is 38.1 Å². The van der Waals surface area contributed by atoms with Gasteiger partial charge in [-0.3, -0.25) is 14.2 Å². The van der Waals surface area contributed by atoms with Crippen molar-refractivity contribution in [3.63, 3.8) is 0 Å². The third-order valence-electron chi connectivity index (χ3n) is 4.34. The number of halogens is 2. The number of anilines is 1. The molecule has 0 aliphatic rings. The van der Waals surface area contributed by atoms with Crippen LogP contribution in [-0.4, -0.2) is 33.9 Å². The number of fused-ring (bicyclic) bond motifs is 1. The minimum absolute atomic E-state index is 0.0908. The van der Waals surface area contributed by atoms with Gasteiger partial charge in [-0.2, -0.15) is 0 Å². The lowest BCUT2D eigenvalue weighted by Crippen LogP contribution is -2.25. The second kappa shape index (κ2) is 11.0. The summed E-state index contributed by atoms with van der Waals surface area (Å²) >= 11 is 13.1. The Hall–Kier alpha value is -2.06. The first kappa shape index (κ1) is 23.6. The van der Waals surface area contributed by atoms with Gasteiger partial charge in [-0.05, 0) is 50.6 Å². The lowest BCUT2D eigenvalue weighted by atomic mass is 10.2. The van der Waals surface area contributed by atoms with Crippen LogP contribution in [0.2, 0.25) is 10.0 Å². The number of aromatic nitrogens is 2. The molecular formula is C22H23Cl2N3O3S. The molecule has 164 valence electrons. The molecule has 1 aromatic heterocycles. The van der Waals surface area contributed by atoms with E-state index >= 15 is 0 Å². The van der Waals surface area contributed by atoms with Crippen LogP contribution in [0, 0.1) is 0 Å². The molecule has 0 saturated heterocycles. The Morgan fingerprint density at radius 2 is 1.97 bits per heavy atom. The molecule has 3 rings (SSSR count). The van der Waals surface area contributed by atoms with E-state index in [0.29, 0.717) is 51.4 Å². The molecule has 31 heavy (non-hydrogen) atoms. The smallest absolute Gasteiger partial charge is 0.262 e. The molecule has 2 aromatic carbocycles. The summed E-state index contributed by atoms with van der Waals surface area (Å²) in [6.45, 7) is 4.94. The lowest BCUT2D eigenvalue weighted by molar-refractivity contribution is -0.113. The first-order valence-corrected chi connectivity index (χ1v) is 11.6.